The predicted molar refractivity (Wildman–Crippen MR) is 137 cm³/mol. The van der Waals surface area contributed by atoms with Crippen LogP contribution in [-0.4, -0.2) is 68.6 Å². The molecule has 0 aliphatic rings. The molecule has 32 heavy (non-hydrogen) atoms. The molecule has 0 spiro atoms. The first kappa shape index (κ1) is 25.0. The minimum atomic E-state index is -0.371. The number of benzene rings is 1. The molecule has 0 fully saturated rings. The number of anilines is 2. The summed E-state index contributed by atoms with van der Waals surface area (Å²) in [5, 5.41) is 50.0. The van der Waals surface area contributed by atoms with Crippen LogP contribution in [0.4, 0.5) is 11.4 Å². The number of phenolic OH excluding ortho intramolecular Hbond substituents is 1. The molecular weight excluding hydrogens is 448 g/mol. The lowest BCUT2D eigenvalue weighted by Crippen LogP contribution is -2.27. The third-order valence-corrected chi connectivity index (χ3v) is 5.58. The summed E-state index contributed by atoms with van der Waals surface area (Å²) in [7, 11) is 7.04. The average molecular weight is 477 g/mol. The summed E-state index contributed by atoms with van der Waals surface area (Å²) in [6, 6.07) is 6.93. The van der Waals surface area contributed by atoms with Gasteiger partial charge >= 0.3 is 0 Å². The van der Waals surface area contributed by atoms with Crippen LogP contribution in [0.1, 0.15) is 12.5 Å². The maximum Gasteiger partial charge on any atom is 0.172 e. The first-order valence-corrected chi connectivity index (χ1v) is 10.6. The number of fused-ring (bicyclic) bond motifs is 1. The Morgan fingerprint density at radius 2 is 1.31 bits per heavy atom. The molecule has 2 aromatic carbocycles. The standard InChI is InChI=1S/C22H28N4O4S2/c1-6-13-14(23-21(31)25(2)3)8-7-12(27)11-17(29)18-15(24-22(32)26(4)5)9-10-16(28)19(18)20(13)30/h7-11,27-30H,6H2,1-5H3,(H,23,31)(H,24,32). The molecule has 0 unspecified atom stereocenters. The molecule has 0 aliphatic carbocycles. The van der Waals surface area contributed by atoms with E-state index in [-0.39, 0.29) is 33.8 Å². The molecular formula is C22H28N4O4S2. The second-order valence-electron chi connectivity index (χ2n) is 7.41. The van der Waals surface area contributed by atoms with Gasteiger partial charge in [0.25, 0.3) is 0 Å². The van der Waals surface area contributed by atoms with Gasteiger partial charge in [0.1, 0.15) is 23.0 Å². The van der Waals surface area contributed by atoms with E-state index in [2.05, 4.69) is 10.6 Å². The lowest BCUT2D eigenvalue weighted by atomic mass is 10.0. The van der Waals surface area contributed by atoms with Crippen LogP contribution in [0, 0.1) is 0 Å². The van der Waals surface area contributed by atoms with E-state index in [9.17, 15) is 20.4 Å². The molecule has 0 saturated heterocycles. The summed E-state index contributed by atoms with van der Waals surface area (Å²) in [5.74, 6) is -1.13. The predicted octanol–water partition coefficient (Wildman–Crippen LogP) is 3.87. The van der Waals surface area contributed by atoms with Crippen LogP contribution in [0.2, 0.25) is 0 Å². The number of nitrogens with zero attached hydrogens (tertiary/aromatic N) is 2. The van der Waals surface area contributed by atoms with Gasteiger partial charge in [-0.05, 0) is 55.1 Å². The van der Waals surface area contributed by atoms with E-state index in [4.69, 9.17) is 24.4 Å². The van der Waals surface area contributed by atoms with Crippen LogP contribution in [0.5, 0.6) is 23.0 Å². The second-order valence-corrected chi connectivity index (χ2v) is 8.19. The molecule has 2 rings (SSSR count). The zero-order valence-corrected chi connectivity index (χ0v) is 20.2. The molecule has 0 aliphatic heterocycles. The highest BCUT2D eigenvalue weighted by Gasteiger charge is 2.17. The molecule has 6 N–H and O–H groups in total. The van der Waals surface area contributed by atoms with Gasteiger partial charge < -0.3 is 40.9 Å². The SMILES string of the molecule is CCc1c(NC(=S)N(C)C)ccc(O)cc(O)c2c(NC(=S)N(C)C)ccc(O)c2c1O. The smallest absolute Gasteiger partial charge is 0.172 e. The Kier molecular flexibility index (Phi) is 8.12. The van der Waals surface area contributed by atoms with E-state index >= 15 is 0 Å². The fourth-order valence-electron chi connectivity index (χ4n) is 2.94. The van der Waals surface area contributed by atoms with Crippen molar-refractivity contribution >= 4 is 56.8 Å². The van der Waals surface area contributed by atoms with Crippen molar-refractivity contribution in [2.45, 2.75) is 13.3 Å². The molecule has 172 valence electrons. The normalized spacial score (nSPS) is 10.3. The Bertz CT molecular complexity index is 1120. The van der Waals surface area contributed by atoms with Crippen LogP contribution < -0.4 is 10.6 Å². The Morgan fingerprint density at radius 1 is 0.781 bits per heavy atom. The van der Waals surface area contributed by atoms with Crippen molar-refractivity contribution in [1.82, 2.24) is 9.80 Å². The molecule has 2 aromatic rings. The zero-order valence-electron chi connectivity index (χ0n) is 18.6. The number of hydrogen-bond donors (Lipinski definition) is 6. The highest BCUT2D eigenvalue weighted by molar-refractivity contribution is 7.80. The molecule has 10 heteroatoms. The Labute approximate surface area is 198 Å². The monoisotopic (exact) mass is 476 g/mol. The second kappa shape index (κ2) is 10.4. The largest absolute Gasteiger partial charge is 0.508 e. The average Bonchev–Trinajstić information content (AvgIpc) is 2.71. The fourth-order valence-corrected chi connectivity index (χ4v) is 3.16. The van der Waals surface area contributed by atoms with Crippen LogP contribution in [0.25, 0.3) is 10.8 Å². The van der Waals surface area contributed by atoms with Gasteiger partial charge in [-0.25, -0.2) is 0 Å². The first-order chi connectivity index (χ1) is 15.0. The maximum absolute atomic E-state index is 11.3. The van der Waals surface area contributed by atoms with Crippen LogP contribution in [0.3, 0.4) is 0 Å². The van der Waals surface area contributed by atoms with Gasteiger partial charge in [0.05, 0.1) is 16.5 Å². The van der Waals surface area contributed by atoms with Crippen molar-refractivity contribution < 1.29 is 20.4 Å². The lowest BCUT2D eigenvalue weighted by molar-refractivity contribution is 0.452. The molecule has 0 aromatic heterocycles. The molecule has 0 radical (unpaired) electrons. The number of nitrogens with one attached hydrogen (secondary N) is 2. The van der Waals surface area contributed by atoms with Gasteiger partial charge in [-0.3, -0.25) is 0 Å². The first-order valence-electron chi connectivity index (χ1n) is 9.75. The van der Waals surface area contributed by atoms with E-state index in [1.165, 1.54) is 24.3 Å². The summed E-state index contributed by atoms with van der Waals surface area (Å²) in [6.07, 6.45) is 0.354. The number of aromatic hydroxyl groups is 4. The quantitative estimate of drug-likeness (QED) is 0.288. The number of rotatable bonds is 3. The molecule has 0 bridgehead atoms. The topological polar surface area (TPSA) is 111 Å². The van der Waals surface area contributed by atoms with Gasteiger partial charge in [-0.15, -0.1) is 0 Å². The van der Waals surface area contributed by atoms with Crippen molar-refractivity contribution in [2.75, 3.05) is 38.8 Å². The van der Waals surface area contributed by atoms with E-state index in [1.54, 1.807) is 38.0 Å². The molecule has 0 heterocycles. The third kappa shape index (κ3) is 5.51. The summed E-state index contributed by atoms with van der Waals surface area (Å²) in [6.45, 7) is 1.82. The van der Waals surface area contributed by atoms with Gasteiger partial charge in [-0.2, -0.15) is 0 Å². The Hall–Kier alpha value is -3.24. The third-order valence-electron chi connectivity index (χ3n) is 4.64. The zero-order chi connectivity index (χ0) is 24.2. The van der Waals surface area contributed by atoms with Crippen molar-refractivity contribution in [2.24, 2.45) is 0 Å². The van der Waals surface area contributed by atoms with E-state index in [1.807, 2.05) is 6.92 Å². The summed E-state index contributed by atoms with van der Waals surface area (Å²) in [5.41, 5.74) is 1.18. The minimum absolute atomic E-state index is 0.0136. The van der Waals surface area contributed by atoms with Gasteiger partial charge in [-0.1, -0.05) is 6.92 Å². The highest BCUT2D eigenvalue weighted by Crippen LogP contribution is 2.43. The van der Waals surface area contributed by atoms with Gasteiger partial charge in [0.2, 0.25) is 0 Å². The van der Waals surface area contributed by atoms with Crippen LogP contribution in [-0.2, 0) is 6.42 Å². The number of phenols is 1. The van der Waals surface area contributed by atoms with Crippen molar-refractivity contribution in [3.63, 3.8) is 0 Å². The summed E-state index contributed by atoms with van der Waals surface area (Å²) < 4.78 is 0. The van der Waals surface area contributed by atoms with Crippen LogP contribution in [0.15, 0.2) is 30.3 Å². The fraction of sp³-hybridized carbons (Fsp3) is 0.273. The highest BCUT2D eigenvalue weighted by atomic mass is 32.1. The van der Waals surface area contributed by atoms with E-state index in [0.29, 0.717) is 33.6 Å². The number of thiocarbonyl (C=S) groups is 2. The molecule has 0 amide bonds. The van der Waals surface area contributed by atoms with Gasteiger partial charge in [0.15, 0.2) is 10.2 Å². The summed E-state index contributed by atoms with van der Waals surface area (Å²) >= 11 is 10.7. The van der Waals surface area contributed by atoms with Crippen LogP contribution >= 0.6 is 24.4 Å². The Morgan fingerprint density at radius 3 is 1.84 bits per heavy atom. The van der Waals surface area contributed by atoms with E-state index in [0.717, 1.165) is 6.07 Å². The molecule has 0 saturated carbocycles. The lowest BCUT2D eigenvalue weighted by Gasteiger charge is -2.19. The maximum atomic E-state index is 11.3. The van der Waals surface area contributed by atoms with Crippen molar-refractivity contribution in [3.8, 4) is 23.0 Å². The number of hydrogen-bond acceptors (Lipinski definition) is 6. The molecule has 0 atom stereocenters. The Balaban J connectivity index is 3.06. The minimum Gasteiger partial charge on any atom is -0.508 e. The van der Waals surface area contributed by atoms with E-state index < -0.39 is 0 Å². The van der Waals surface area contributed by atoms with Crippen molar-refractivity contribution in [1.29, 1.82) is 0 Å². The molecule has 8 nitrogen and oxygen atoms in total. The summed E-state index contributed by atoms with van der Waals surface area (Å²) in [4.78, 5) is 3.34. The van der Waals surface area contributed by atoms with Gasteiger partial charge in [0, 0.05) is 45.5 Å². The van der Waals surface area contributed by atoms with Crippen molar-refractivity contribution in [3.05, 3.63) is 35.9 Å².